The van der Waals surface area contributed by atoms with Crippen LogP contribution in [0.3, 0.4) is 0 Å². The first-order valence-corrected chi connectivity index (χ1v) is 9.41. The highest BCUT2D eigenvalue weighted by atomic mass is 79.9. The van der Waals surface area contributed by atoms with Gasteiger partial charge in [-0.25, -0.2) is 4.99 Å². The van der Waals surface area contributed by atoms with Crippen LogP contribution < -0.4 is 15.4 Å². The van der Waals surface area contributed by atoms with Crippen molar-refractivity contribution in [1.29, 1.82) is 0 Å². The molecule has 4 rings (SSSR count). The molecule has 2 aliphatic rings. The lowest BCUT2D eigenvalue weighted by Gasteiger charge is -2.29. The zero-order chi connectivity index (χ0) is 17.6. The lowest BCUT2D eigenvalue weighted by Crippen LogP contribution is -2.55. The molecule has 0 radical (unpaired) electrons. The molecule has 25 heavy (non-hydrogen) atoms. The second-order valence-corrected chi connectivity index (χ2v) is 7.06. The Morgan fingerprint density at radius 3 is 2.68 bits per heavy atom. The van der Waals surface area contributed by atoms with E-state index in [9.17, 15) is 0 Å². The molecule has 0 spiro atoms. The van der Waals surface area contributed by atoms with Crippen molar-refractivity contribution in [1.82, 2.24) is 0 Å². The molecule has 128 valence electrons. The van der Waals surface area contributed by atoms with Crippen molar-refractivity contribution in [2.75, 3.05) is 18.0 Å². The van der Waals surface area contributed by atoms with Gasteiger partial charge in [-0.1, -0.05) is 24.3 Å². The monoisotopic (exact) mass is 398 g/mol. The average Bonchev–Trinajstić information content (AvgIpc) is 2.66. The molecule has 0 aromatic heterocycles. The number of fused-ring (bicyclic) bond motifs is 4. The number of hydrogen-bond acceptors (Lipinski definition) is 3. The van der Waals surface area contributed by atoms with E-state index < -0.39 is 0 Å². The third-order valence-corrected chi connectivity index (χ3v) is 5.76. The van der Waals surface area contributed by atoms with Gasteiger partial charge in [-0.05, 0) is 41.9 Å². The fraction of sp³-hybridized carbons (Fsp3) is 0.250. The maximum Gasteiger partial charge on any atom is 0.170 e. The number of aliphatic imine (C=N–C) groups is 1. The van der Waals surface area contributed by atoms with Gasteiger partial charge < -0.3 is 15.4 Å². The van der Waals surface area contributed by atoms with Crippen molar-refractivity contribution < 1.29 is 10.5 Å². The van der Waals surface area contributed by atoms with Gasteiger partial charge in [0, 0.05) is 36.0 Å². The molecule has 1 atom stereocenters. The Bertz CT molecular complexity index is 900. The first-order valence-electron chi connectivity index (χ1n) is 8.62. The van der Waals surface area contributed by atoms with Crippen LogP contribution in [0.2, 0.25) is 0 Å². The van der Waals surface area contributed by atoms with Gasteiger partial charge in [0.1, 0.15) is 21.9 Å². The number of benzene rings is 2. The zero-order valence-electron chi connectivity index (χ0n) is 14.4. The van der Waals surface area contributed by atoms with Crippen LogP contribution in [-0.2, 0) is 0 Å². The highest BCUT2D eigenvalue weighted by Gasteiger charge is 2.35. The van der Waals surface area contributed by atoms with Crippen LogP contribution >= 0.6 is 15.9 Å². The fourth-order valence-electron chi connectivity index (χ4n) is 3.45. The average molecular weight is 399 g/mol. The first-order chi connectivity index (χ1) is 12.1. The Balaban J connectivity index is 1.86. The summed E-state index contributed by atoms with van der Waals surface area (Å²) < 4.78 is 7.24. The SMILES string of the molecule is CCN(CC)c1ccc2c(c1)OC1=C(Br)C([NH3+])c3ccccc3C1=N2. The maximum absolute atomic E-state index is 6.29. The maximum atomic E-state index is 6.29. The first kappa shape index (κ1) is 16.4. The number of quaternary nitrogens is 1. The molecule has 5 heteroatoms. The molecule has 0 amide bonds. The highest BCUT2D eigenvalue weighted by molar-refractivity contribution is 9.11. The fourth-order valence-corrected chi connectivity index (χ4v) is 3.96. The third kappa shape index (κ3) is 2.58. The molecule has 0 saturated carbocycles. The topological polar surface area (TPSA) is 52.5 Å². The Morgan fingerprint density at radius 2 is 1.92 bits per heavy atom. The molecular weight excluding hydrogens is 378 g/mol. The van der Waals surface area contributed by atoms with E-state index in [-0.39, 0.29) is 6.04 Å². The summed E-state index contributed by atoms with van der Waals surface area (Å²) in [6, 6.07) is 14.5. The van der Waals surface area contributed by atoms with E-state index in [1.165, 1.54) is 5.56 Å². The van der Waals surface area contributed by atoms with Crippen LogP contribution in [0.25, 0.3) is 0 Å². The normalized spacial score (nSPS) is 17.9. The number of allylic oxidation sites excluding steroid dienone is 1. The number of halogens is 1. The van der Waals surface area contributed by atoms with Gasteiger partial charge in [-0.3, -0.25) is 0 Å². The molecule has 1 aliphatic carbocycles. The zero-order valence-corrected chi connectivity index (χ0v) is 16.0. The van der Waals surface area contributed by atoms with Crippen molar-refractivity contribution in [2.45, 2.75) is 19.9 Å². The van der Waals surface area contributed by atoms with Crippen LogP contribution in [0.1, 0.15) is 31.0 Å². The minimum Gasteiger partial charge on any atom is -0.452 e. The molecule has 0 bridgehead atoms. The number of nitrogens with zero attached hydrogens (tertiary/aromatic N) is 2. The van der Waals surface area contributed by atoms with E-state index in [2.05, 4.69) is 64.7 Å². The summed E-state index contributed by atoms with van der Waals surface area (Å²) in [7, 11) is 0. The summed E-state index contributed by atoms with van der Waals surface area (Å²) in [5, 5.41) is 0. The predicted molar refractivity (Wildman–Crippen MR) is 105 cm³/mol. The van der Waals surface area contributed by atoms with Crippen LogP contribution in [0.15, 0.2) is 57.7 Å². The van der Waals surface area contributed by atoms with E-state index in [1.807, 2.05) is 18.2 Å². The number of hydrogen-bond donors (Lipinski definition) is 1. The third-order valence-electron chi connectivity index (χ3n) is 4.85. The molecule has 2 aromatic rings. The van der Waals surface area contributed by atoms with Gasteiger partial charge in [0.25, 0.3) is 0 Å². The second-order valence-electron chi connectivity index (χ2n) is 6.20. The summed E-state index contributed by atoms with van der Waals surface area (Å²) in [5.41, 5.74) is 9.46. The number of rotatable bonds is 3. The van der Waals surface area contributed by atoms with Crippen molar-refractivity contribution in [3.05, 3.63) is 63.8 Å². The summed E-state index contributed by atoms with van der Waals surface area (Å²) >= 11 is 3.69. The molecule has 3 N–H and O–H groups in total. The quantitative estimate of drug-likeness (QED) is 0.850. The van der Waals surface area contributed by atoms with Crippen LogP contribution in [-0.4, -0.2) is 18.8 Å². The molecule has 1 heterocycles. The minimum atomic E-state index is 0.0117. The smallest absolute Gasteiger partial charge is 0.170 e. The van der Waals surface area contributed by atoms with Gasteiger partial charge in [-0.15, -0.1) is 0 Å². The molecule has 1 unspecified atom stereocenters. The Morgan fingerprint density at radius 1 is 1.16 bits per heavy atom. The molecule has 0 saturated heterocycles. The molecule has 4 nitrogen and oxygen atoms in total. The van der Waals surface area contributed by atoms with Crippen LogP contribution in [0.5, 0.6) is 5.75 Å². The van der Waals surface area contributed by atoms with Crippen LogP contribution in [0.4, 0.5) is 11.4 Å². The molecule has 0 fully saturated rings. The van der Waals surface area contributed by atoms with Gasteiger partial charge >= 0.3 is 0 Å². The van der Waals surface area contributed by atoms with Crippen molar-refractivity contribution in [3.8, 4) is 5.75 Å². The summed E-state index contributed by atoms with van der Waals surface area (Å²) in [5.74, 6) is 1.58. The molecule has 1 aliphatic heterocycles. The highest BCUT2D eigenvalue weighted by Crippen LogP contribution is 2.44. The van der Waals surface area contributed by atoms with E-state index in [0.717, 1.165) is 51.7 Å². The largest absolute Gasteiger partial charge is 0.452 e. The lowest BCUT2D eigenvalue weighted by atomic mass is 9.90. The Kier molecular flexibility index (Phi) is 4.13. The van der Waals surface area contributed by atoms with Gasteiger partial charge in [-0.2, -0.15) is 0 Å². The lowest BCUT2D eigenvalue weighted by molar-refractivity contribution is -0.410. The molecular formula is C20H21BrN3O+. The summed E-state index contributed by atoms with van der Waals surface area (Å²) in [4.78, 5) is 7.20. The van der Waals surface area contributed by atoms with Crippen molar-refractivity contribution in [3.63, 3.8) is 0 Å². The van der Waals surface area contributed by atoms with Crippen molar-refractivity contribution in [2.24, 2.45) is 4.99 Å². The number of anilines is 1. The summed E-state index contributed by atoms with van der Waals surface area (Å²) in [6.45, 7) is 6.24. The Hall–Kier alpha value is -2.11. The van der Waals surface area contributed by atoms with Crippen molar-refractivity contribution >= 4 is 33.0 Å². The van der Waals surface area contributed by atoms with Gasteiger partial charge in [0.15, 0.2) is 11.5 Å². The van der Waals surface area contributed by atoms with Gasteiger partial charge in [0.05, 0.1) is 0 Å². The predicted octanol–water partition coefficient (Wildman–Crippen LogP) is 3.95. The van der Waals surface area contributed by atoms with Gasteiger partial charge in [0.2, 0.25) is 0 Å². The van der Waals surface area contributed by atoms with Crippen LogP contribution in [0, 0.1) is 0 Å². The standard InChI is InChI=1S/C20H20BrN3O/c1-3-24(4-2)12-9-10-15-16(11-12)25-20-17(21)18(22)13-7-5-6-8-14(13)19(20)23-15/h5-11,18H,3-4,22H2,1-2H3/p+1. The van der Waals surface area contributed by atoms with E-state index in [4.69, 9.17) is 9.73 Å². The van der Waals surface area contributed by atoms with E-state index in [0.29, 0.717) is 0 Å². The van der Waals surface area contributed by atoms with E-state index in [1.54, 1.807) is 0 Å². The minimum absolute atomic E-state index is 0.0117. The van der Waals surface area contributed by atoms with E-state index >= 15 is 0 Å². The Labute approximate surface area is 156 Å². The molecule has 2 aromatic carbocycles. The number of ether oxygens (including phenoxy) is 1. The second kappa shape index (κ2) is 6.32. The summed E-state index contributed by atoms with van der Waals surface area (Å²) in [6.07, 6.45) is 0.